The fraction of sp³-hybridized carbons (Fsp3) is 0.435. The molecule has 1 aliphatic heterocycles. The van der Waals surface area contributed by atoms with E-state index >= 15 is 0 Å². The largest absolute Gasteiger partial charge is 0.503 e. The van der Waals surface area contributed by atoms with Gasteiger partial charge in [0.15, 0.2) is 17.2 Å². The van der Waals surface area contributed by atoms with Gasteiger partial charge in [0.25, 0.3) is 5.91 Å². The molecule has 1 aliphatic carbocycles. The van der Waals surface area contributed by atoms with Crippen molar-refractivity contribution < 1.29 is 28.6 Å². The highest BCUT2D eigenvalue weighted by molar-refractivity contribution is 6.00. The molecule has 0 bridgehead atoms. The van der Waals surface area contributed by atoms with Crippen molar-refractivity contribution in [3.63, 3.8) is 0 Å². The minimum atomic E-state index is -0.963. The molecule has 2 N–H and O–H groups in total. The van der Waals surface area contributed by atoms with E-state index in [1.54, 1.807) is 4.90 Å². The molecule has 170 valence electrons. The van der Waals surface area contributed by atoms with Gasteiger partial charge in [-0.05, 0) is 44.7 Å². The second-order valence-electron chi connectivity index (χ2n) is 8.91. The fourth-order valence-electron chi connectivity index (χ4n) is 4.65. The molecule has 1 fully saturated rings. The number of carbonyl (C=O) groups excluding carboxylic acids is 2. The van der Waals surface area contributed by atoms with Crippen molar-refractivity contribution >= 4 is 11.7 Å². The third-order valence-electron chi connectivity index (χ3n) is 6.41. The van der Waals surface area contributed by atoms with Crippen molar-refractivity contribution in [3.8, 4) is 5.75 Å². The zero-order valence-corrected chi connectivity index (χ0v) is 17.8. The maximum absolute atomic E-state index is 13.9. The molecule has 0 unspecified atom stereocenters. The fourth-order valence-corrected chi connectivity index (χ4v) is 4.65. The number of amides is 1. The average Bonchev–Trinajstić information content (AvgIpc) is 2.70. The summed E-state index contributed by atoms with van der Waals surface area (Å²) in [5.41, 5.74) is -2.06. The van der Waals surface area contributed by atoms with Gasteiger partial charge >= 0.3 is 0 Å². The Labute approximate surface area is 182 Å². The number of aromatic nitrogens is 1. The highest BCUT2D eigenvalue weighted by atomic mass is 19.1. The topological polar surface area (TPSA) is 99.8 Å². The first-order valence-corrected chi connectivity index (χ1v) is 10.5. The minimum absolute atomic E-state index is 0.0587. The van der Waals surface area contributed by atoms with E-state index in [1.807, 2.05) is 13.8 Å². The summed E-state index contributed by atoms with van der Waals surface area (Å²) in [5.74, 6) is -3.47. The summed E-state index contributed by atoms with van der Waals surface area (Å²) in [5, 5.41) is 20.6. The molecular weight excluding hydrogens is 422 g/mol. The first kappa shape index (κ1) is 22.1. The summed E-state index contributed by atoms with van der Waals surface area (Å²) in [7, 11) is 0. The number of aliphatic hydroxyl groups is 1. The number of hydrogen-bond donors (Lipinski definition) is 2. The molecule has 0 saturated heterocycles. The molecule has 7 nitrogen and oxygen atoms in total. The summed E-state index contributed by atoms with van der Waals surface area (Å²) in [6, 6.07) is 2.85. The van der Waals surface area contributed by atoms with Crippen LogP contribution in [0, 0.1) is 11.6 Å². The number of aryl methyl sites for hydroxylation is 1. The Kier molecular flexibility index (Phi) is 5.40. The van der Waals surface area contributed by atoms with Crippen LogP contribution in [-0.4, -0.2) is 50.1 Å². The maximum Gasteiger partial charge on any atom is 0.274 e. The second-order valence-corrected chi connectivity index (χ2v) is 8.91. The molecule has 2 heterocycles. The van der Waals surface area contributed by atoms with Crippen LogP contribution in [0.15, 0.2) is 29.2 Å². The Hall–Kier alpha value is -3.07. The lowest BCUT2D eigenvalue weighted by Gasteiger charge is -2.54. The number of carbonyl (C=O) groups is 2. The summed E-state index contributed by atoms with van der Waals surface area (Å²) < 4.78 is 28.4. The van der Waals surface area contributed by atoms with Gasteiger partial charge in [0.2, 0.25) is 5.43 Å². The van der Waals surface area contributed by atoms with Crippen molar-refractivity contribution in [2.24, 2.45) is 0 Å². The predicted molar refractivity (Wildman–Crippen MR) is 111 cm³/mol. The van der Waals surface area contributed by atoms with Crippen LogP contribution in [-0.2, 0) is 12.0 Å². The quantitative estimate of drug-likeness (QED) is 0.687. The van der Waals surface area contributed by atoms with E-state index in [4.69, 9.17) is 0 Å². The smallest absolute Gasteiger partial charge is 0.274 e. The predicted octanol–water partition coefficient (Wildman–Crippen LogP) is 2.36. The van der Waals surface area contributed by atoms with E-state index in [-0.39, 0.29) is 42.2 Å². The summed E-state index contributed by atoms with van der Waals surface area (Å²) in [6.07, 6.45) is 1.02. The van der Waals surface area contributed by atoms with Gasteiger partial charge in [0.1, 0.15) is 11.6 Å². The van der Waals surface area contributed by atoms with Crippen LogP contribution in [0.3, 0.4) is 0 Å². The van der Waals surface area contributed by atoms with Crippen LogP contribution in [0.5, 0.6) is 5.75 Å². The normalized spacial score (nSPS) is 22.2. The second kappa shape index (κ2) is 7.81. The van der Waals surface area contributed by atoms with Crippen LogP contribution in [0.25, 0.3) is 0 Å². The highest BCUT2D eigenvalue weighted by Gasteiger charge is 2.52. The lowest BCUT2D eigenvalue weighted by Crippen LogP contribution is -2.63. The van der Waals surface area contributed by atoms with Gasteiger partial charge < -0.3 is 19.7 Å². The number of Topliss-reactive ketones (excluding diaryl/α,β-unsaturated/α-hetero) is 1. The average molecular weight is 446 g/mol. The maximum atomic E-state index is 13.9. The Bertz CT molecular complexity index is 1170. The summed E-state index contributed by atoms with van der Waals surface area (Å²) in [4.78, 5) is 40.1. The summed E-state index contributed by atoms with van der Waals surface area (Å²) >= 11 is 0. The van der Waals surface area contributed by atoms with E-state index in [9.17, 15) is 33.4 Å². The minimum Gasteiger partial charge on any atom is -0.503 e. The first-order chi connectivity index (χ1) is 15.0. The SMILES string of the molecule is CC(C)N1CC2(CC(O)C2)n2cc(C(=O)CCc3ccc(F)cc3F)c(=O)c(O)c2C1=O. The van der Waals surface area contributed by atoms with Crippen LogP contribution < -0.4 is 5.43 Å². The van der Waals surface area contributed by atoms with Gasteiger partial charge in [0, 0.05) is 31.3 Å². The van der Waals surface area contributed by atoms with Crippen molar-refractivity contribution in [2.75, 3.05) is 6.54 Å². The zero-order valence-electron chi connectivity index (χ0n) is 17.8. The standard InChI is InChI=1S/C23H24F2N2O5/c1-12(2)26-11-23(8-15(28)9-23)27-10-16(20(30)21(31)19(27)22(26)32)18(29)6-4-13-3-5-14(24)7-17(13)25/h3,5,7,10,12,15,28,31H,4,6,8-9,11H2,1-2H3. The molecule has 4 rings (SSSR count). The van der Waals surface area contributed by atoms with E-state index in [2.05, 4.69) is 0 Å². The number of ketones is 1. The van der Waals surface area contributed by atoms with Crippen molar-refractivity contribution in [1.82, 2.24) is 9.47 Å². The lowest BCUT2D eigenvalue weighted by atomic mass is 9.71. The van der Waals surface area contributed by atoms with Crippen LogP contribution in [0.2, 0.25) is 0 Å². The Balaban J connectivity index is 1.71. The van der Waals surface area contributed by atoms with E-state index < -0.39 is 46.1 Å². The highest BCUT2D eigenvalue weighted by Crippen LogP contribution is 2.45. The number of aliphatic hydroxyl groups excluding tert-OH is 1. The molecule has 0 atom stereocenters. The summed E-state index contributed by atoms with van der Waals surface area (Å²) in [6.45, 7) is 3.92. The number of nitrogens with zero attached hydrogens (tertiary/aromatic N) is 2. The Morgan fingerprint density at radius 1 is 1.25 bits per heavy atom. The van der Waals surface area contributed by atoms with Crippen LogP contribution in [0.1, 0.15) is 59.5 Å². The van der Waals surface area contributed by atoms with E-state index in [0.717, 1.165) is 12.1 Å². The number of hydrogen-bond acceptors (Lipinski definition) is 5. The number of benzene rings is 1. The number of fused-ring (bicyclic) bond motifs is 2. The van der Waals surface area contributed by atoms with Gasteiger partial charge in [-0.15, -0.1) is 0 Å². The number of halogens is 2. The first-order valence-electron chi connectivity index (χ1n) is 10.5. The lowest BCUT2D eigenvalue weighted by molar-refractivity contribution is -0.0528. The van der Waals surface area contributed by atoms with Crippen molar-refractivity contribution in [3.05, 3.63) is 63.1 Å². The molecule has 1 spiro atoms. The molecule has 32 heavy (non-hydrogen) atoms. The van der Waals surface area contributed by atoms with Crippen LogP contribution in [0.4, 0.5) is 8.78 Å². The van der Waals surface area contributed by atoms with Gasteiger partial charge in [-0.25, -0.2) is 8.78 Å². The van der Waals surface area contributed by atoms with E-state index in [1.165, 1.54) is 16.8 Å². The van der Waals surface area contributed by atoms with Gasteiger partial charge in [-0.3, -0.25) is 14.4 Å². The number of rotatable bonds is 5. The van der Waals surface area contributed by atoms with Gasteiger partial charge in [-0.1, -0.05) is 6.07 Å². The molecular formula is C23H24F2N2O5. The molecule has 2 aromatic rings. The van der Waals surface area contributed by atoms with Crippen molar-refractivity contribution in [2.45, 2.75) is 57.2 Å². The molecule has 2 aliphatic rings. The van der Waals surface area contributed by atoms with Crippen molar-refractivity contribution in [1.29, 1.82) is 0 Å². The van der Waals surface area contributed by atoms with E-state index in [0.29, 0.717) is 12.8 Å². The molecule has 1 aromatic carbocycles. The van der Waals surface area contributed by atoms with Gasteiger partial charge in [-0.2, -0.15) is 0 Å². The molecule has 0 radical (unpaired) electrons. The monoisotopic (exact) mass is 446 g/mol. The number of pyridine rings is 1. The Morgan fingerprint density at radius 2 is 1.94 bits per heavy atom. The third-order valence-corrected chi connectivity index (χ3v) is 6.41. The van der Waals surface area contributed by atoms with Gasteiger partial charge in [0.05, 0.1) is 17.2 Å². The Morgan fingerprint density at radius 3 is 2.53 bits per heavy atom. The molecule has 9 heteroatoms. The number of aromatic hydroxyl groups is 1. The van der Waals surface area contributed by atoms with Crippen LogP contribution >= 0.6 is 0 Å². The zero-order chi connectivity index (χ0) is 23.4. The third kappa shape index (κ3) is 3.50. The molecule has 1 amide bonds. The molecule has 1 saturated carbocycles. The molecule has 1 aromatic heterocycles.